The molecule has 2 rings (SSSR count). The molecule has 2 aromatic rings. The molecule has 0 aliphatic carbocycles. The Labute approximate surface area is 124 Å². The predicted octanol–water partition coefficient (Wildman–Crippen LogP) is 4.01. The average molecular weight is 289 g/mol. The summed E-state index contributed by atoms with van der Waals surface area (Å²) in [7, 11) is 0. The van der Waals surface area contributed by atoms with Crippen LogP contribution in [0.4, 0.5) is 11.4 Å². The SMILES string of the molecule is Cc1ccc(NCC(=O)Nc2ccc(Cl)cc2)cc1C. The van der Waals surface area contributed by atoms with Crippen molar-refractivity contribution in [3.63, 3.8) is 0 Å². The molecule has 0 saturated heterocycles. The Kier molecular flexibility index (Phi) is 4.64. The molecule has 104 valence electrons. The van der Waals surface area contributed by atoms with Crippen LogP contribution in [0.15, 0.2) is 42.5 Å². The zero-order valence-corrected chi connectivity index (χ0v) is 12.3. The third-order valence-corrected chi connectivity index (χ3v) is 3.34. The van der Waals surface area contributed by atoms with Crippen LogP contribution >= 0.6 is 11.6 Å². The van der Waals surface area contributed by atoms with Gasteiger partial charge in [0.15, 0.2) is 0 Å². The lowest BCUT2D eigenvalue weighted by Gasteiger charge is -2.09. The molecule has 0 aliphatic heterocycles. The lowest BCUT2D eigenvalue weighted by molar-refractivity contribution is -0.114. The Hall–Kier alpha value is -2.00. The molecular formula is C16H17ClN2O. The Bertz CT molecular complexity index is 608. The van der Waals surface area contributed by atoms with Gasteiger partial charge in [-0.05, 0) is 61.4 Å². The largest absolute Gasteiger partial charge is 0.376 e. The highest BCUT2D eigenvalue weighted by atomic mass is 35.5. The molecule has 0 bridgehead atoms. The minimum absolute atomic E-state index is 0.0921. The van der Waals surface area contributed by atoms with E-state index >= 15 is 0 Å². The number of carbonyl (C=O) groups excluding carboxylic acids is 1. The first kappa shape index (κ1) is 14.4. The van der Waals surface area contributed by atoms with Gasteiger partial charge in [-0.25, -0.2) is 0 Å². The van der Waals surface area contributed by atoms with E-state index in [-0.39, 0.29) is 12.5 Å². The van der Waals surface area contributed by atoms with Gasteiger partial charge in [-0.3, -0.25) is 4.79 Å². The Morgan fingerprint density at radius 3 is 2.30 bits per heavy atom. The lowest BCUT2D eigenvalue weighted by atomic mass is 10.1. The van der Waals surface area contributed by atoms with Gasteiger partial charge >= 0.3 is 0 Å². The van der Waals surface area contributed by atoms with Crippen molar-refractivity contribution < 1.29 is 4.79 Å². The van der Waals surface area contributed by atoms with Gasteiger partial charge in [-0.15, -0.1) is 0 Å². The fourth-order valence-electron chi connectivity index (χ4n) is 1.77. The first-order valence-corrected chi connectivity index (χ1v) is 6.79. The number of amides is 1. The van der Waals surface area contributed by atoms with Crippen molar-refractivity contribution in [2.24, 2.45) is 0 Å². The van der Waals surface area contributed by atoms with E-state index in [0.717, 1.165) is 11.4 Å². The van der Waals surface area contributed by atoms with Gasteiger partial charge in [0.1, 0.15) is 0 Å². The van der Waals surface area contributed by atoms with E-state index in [1.807, 2.05) is 25.1 Å². The molecule has 0 atom stereocenters. The summed E-state index contributed by atoms with van der Waals surface area (Å²) < 4.78 is 0. The fraction of sp³-hybridized carbons (Fsp3) is 0.188. The molecule has 0 fully saturated rings. The van der Waals surface area contributed by atoms with Crippen LogP contribution in [0.25, 0.3) is 0 Å². The number of nitrogens with one attached hydrogen (secondary N) is 2. The molecule has 0 heterocycles. The van der Waals surface area contributed by atoms with Crippen molar-refractivity contribution in [3.8, 4) is 0 Å². The first-order valence-electron chi connectivity index (χ1n) is 6.41. The van der Waals surface area contributed by atoms with E-state index in [9.17, 15) is 4.79 Å². The molecule has 2 N–H and O–H groups in total. The molecule has 0 radical (unpaired) electrons. The van der Waals surface area contributed by atoms with Crippen LogP contribution in [0.2, 0.25) is 5.02 Å². The maximum Gasteiger partial charge on any atom is 0.243 e. The van der Waals surface area contributed by atoms with E-state index in [2.05, 4.69) is 17.6 Å². The van der Waals surface area contributed by atoms with Crippen LogP contribution < -0.4 is 10.6 Å². The van der Waals surface area contributed by atoms with Gasteiger partial charge in [0.25, 0.3) is 0 Å². The summed E-state index contributed by atoms with van der Waals surface area (Å²) in [5.41, 5.74) is 4.12. The number of aryl methyl sites for hydroxylation is 2. The summed E-state index contributed by atoms with van der Waals surface area (Å²) in [4.78, 5) is 11.8. The molecule has 0 aliphatic rings. The summed E-state index contributed by atoms with van der Waals surface area (Å²) >= 11 is 5.79. The van der Waals surface area contributed by atoms with Crippen molar-refractivity contribution >= 4 is 28.9 Å². The molecule has 0 aromatic heterocycles. The summed E-state index contributed by atoms with van der Waals surface area (Å²) in [6.07, 6.45) is 0. The number of anilines is 2. The van der Waals surface area contributed by atoms with Crippen LogP contribution in [0.5, 0.6) is 0 Å². The molecule has 4 heteroatoms. The molecule has 0 saturated carbocycles. The van der Waals surface area contributed by atoms with Gasteiger partial charge in [0, 0.05) is 16.4 Å². The summed E-state index contributed by atoms with van der Waals surface area (Å²) in [6.45, 7) is 4.34. The molecule has 3 nitrogen and oxygen atoms in total. The van der Waals surface area contributed by atoms with Crippen LogP contribution in [0, 0.1) is 13.8 Å². The van der Waals surface area contributed by atoms with E-state index in [4.69, 9.17) is 11.6 Å². The third kappa shape index (κ3) is 4.00. The average Bonchev–Trinajstić information content (AvgIpc) is 2.43. The van der Waals surface area contributed by atoms with E-state index in [1.54, 1.807) is 24.3 Å². The number of hydrogen-bond donors (Lipinski definition) is 2. The van der Waals surface area contributed by atoms with E-state index in [1.165, 1.54) is 11.1 Å². The quantitative estimate of drug-likeness (QED) is 0.892. The van der Waals surface area contributed by atoms with Crippen molar-refractivity contribution in [1.29, 1.82) is 0 Å². The number of benzene rings is 2. The number of halogens is 1. The van der Waals surface area contributed by atoms with Crippen molar-refractivity contribution in [2.75, 3.05) is 17.2 Å². The minimum Gasteiger partial charge on any atom is -0.376 e. The van der Waals surface area contributed by atoms with Gasteiger partial charge in [-0.2, -0.15) is 0 Å². The van der Waals surface area contributed by atoms with Crippen molar-refractivity contribution in [1.82, 2.24) is 0 Å². The van der Waals surface area contributed by atoms with Gasteiger partial charge in [0.2, 0.25) is 5.91 Å². The second-order valence-electron chi connectivity index (χ2n) is 4.71. The summed E-state index contributed by atoms with van der Waals surface area (Å²) in [5.74, 6) is -0.0921. The zero-order chi connectivity index (χ0) is 14.5. The van der Waals surface area contributed by atoms with Crippen molar-refractivity contribution in [2.45, 2.75) is 13.8 Å². The molecule has 20 heavy (non-hydrogen) atoms. The standard InChI is InChI=1S/C16H17ClN2O/c1-11-3-6-15(9-12(11)2)18-10-16(20)19-14-7-4-13(17)5-8-14/h3-9,18H,10H2,1-2H3,(H,19,20). The van der Waals surface area contributed by atoms with Crippen molar-refractivity contribution in [3.05, 3.63) is 58.6 Å². The smallest absolute Gasteiger partial charge is 0.243 e. The highest BCUT2D eigenvalue weighted by molar-refractivity contribution is 6.30. The summed E-state index contributed by atoms with van der Waals surface area (Å²) in [5, 5.41) is 6.56. The molecule has 1 amide bonds. The third-order valence-electron chi connectivity index (χ3n) is 3.09. The number of rotatable bonds is 4. The predicted molar refractivity (Wildman–Crippen MR) is 84.5 cm³/mol. The molecular weight excluding hydrogens is 272 g/mol. The van der Waals surface area contributed by atoms with Gasteiger partial charge in [-0.1, -0.05) is 17.7 Å². The molecule has 0 unspecified atom stereocenters. The minimum atomic E-state index is -0.0921. The van der Waals surface area contributed by atoms with E-state index in [0.29, 0.717) is 5.02 Å². The van der Waals surface area contributed by atoms with Crippen LogP contribution in [0.3, 0.4) is 0 Å². The van der Waals surface area contributed by atoms with Crippen LogP contribution in [-0.2, 0) is 4.79 Å². The Balaban J connectivity index is 1.88. The Morgan fingerprint density at radius 2 is 1.65 bits per heavy atom. The normalized spacial score (nSPS) is 10.2. The number of carbonyl (C=O) groups is 1. The maximum atomic E-state index is 11.8. The summed E-state index contributed by atoms with van der Waals surface area (Å²) in [6, 6.07) is 13.1. The molecule has 2 aromatic carbocycles. The second-order valence-corrected chi connectivity index (χ2v) is 5.14. The second kappa shape index (κ2) is 6.44. The topological polar surface area (TPSA) is 41.1 Å². The monoisotopic (exact) mass is 288 g/mol. The highest BCUT2D eigenvalue weighted by Gasteiger charge is 2.03. The zero-order valence-electron chi connectivity index (χ0n) is 11.5. The maximum absolute atomic E-state index is 11.8. The number of hydrogen-bond acceptors (Lipinski definition) is 2. The van der Waals surface area contributed by atoms with Gasteiger partial charge < -0.3 is 10.6 Å². The fourth-order valence-corrected chi connectivity index (χ4v) is 1.90. The van der Waals surface area contributed by atoms with Crippen LogP contribution in [0.1, 0.15) is 11.1 Å². The Morgan fingerprint density at radius 1 is 1.00 bits per heavy atom. The lowest BCUT2D eigenvalue weighted by Crippen LogP contribution is -2.21. The van der Waals surface area contributed by atoms with Crippen LogP contribution in [-0.4, -0.2) is 12.5 Å². The van der Waals surface area contributed by atoms with E-state index < -0.39 is 0 Å². The van der Waals surface area contributed by atoms with Gasteiger partial charge in [0.05, 0.1) is 6.54 Å². The first-order chi connectivity index (χ1) is 9.54. The molecule has 0 spiro atoms. The highest BCUT2D eigenvalue weighted by Crippen LogP contribution is 2.15.